The van der Waals surface area contributed by atoms with Gasteiger partial charge in [-0.05, 0) is 265 Å². The van der Waals surface area contributed by atoms with E-state index in [-0.39, 0.29) is 5.56 Å². The molecule has 6 aliphatic heterocycles. The molecule has 7 aromatic heterocycles. The Morgan fingerprint density at radius 2 is 0.579 bits per heavy atom. The number of aromatic nitrogens is 7. The van der Waals surface area contributed by atoms with Crippen LogP contribution < -0.4 is 9.47 Å². The first-order valence-electron chi connectivity index (χ1n) is 45.2. The smallest absolute Gasteiger partial charge is 0.416 e. The van der Waals surface area contributed by atoms with Crippen molar-refractivity contribution in [3.63, 3.8) is 0 Å². The second kappa shape index (κ2) is 41.7. The van der Waals surface area contributed by atoms with Gasteiger partial charge in [-0.2, -0.15) is 23.7 Å². The van der Waals surface area contributed by atoms with Crippen LogP contribution in [0.1, 0.15) is 89.1 Å². The highest BCUT2D eigenvalue weighted by Crippen LogP contribution is 2.42. The molecule has 6 aliphatic rings. The van der Waals surface area contributed by atoms with Gasteiger partial charge in [0, 0.05) is 141 Å². The molecule has 0 saturated heterocycles. The van der Waals surface area contributed by atoms with Crippen molar-refractivity contribution in [1.29, 1.82) is 10.5 Å². The minimum atomic E-state index is -4.34. The molecule has 0 N–H and O–H groups in total. The first-order chi connectivity index (χ1) is 68.6. The molecule has 18 aromatic rings. The number of fused-ring (bicyclic) bond motifs is 6. The molecule has 21 heteroatoms. The van der Waals surface area contributed by atoms with Crippen LogP contribution in [0.2, 0.25) is 0 Å². The quantitative estimate of drug-likeness (QED) is 0.0929. The van der Waals surface area contributed by atoms with Gasteiger partial charge in [-0.1, -0.05) is 158 Å². The van der Waals surface area contributed by atoms with Gasteiger partial charge >= 0.3 is 6.18 Å². The van der Waals surface area contributed by atoms with E-state index >= 15 is 0 Å². The van der Waals surface area contributed by atoms with Gasteiger partial charge < -0.3 is 9.47 Å². The number of nitriles is 2. The van der Waals surface area contributed by atoms with E-state index in [1.54, 1.807) is 38.9 Å². The van der Waals surface area contributed by atoms with Crippen molar-refractivity contribution >= 4 is 37.3 Å². The molecule has 0 radical (unpaired) electrons. The Kier molecular flexibility index (Phi) is 27.1. The Labute approximate surface area is 807 Å². The number of halogens is 4. The fourth-order valence-electron chi connectivity index (χ4n) is 17.3. The van der Waals surface area contributed by atoms with Gasteiger partial charge in [0.15, 0.2) is 0 Å². The van der Waals surface area contributed by atoms with Gasteiger partial charge in [-0.25, -0.2) is 4.39 Å². The molecule has 17 nitrogen and oxygen atoms in total. The summed E-state index contributed by atoms with van der Waals surface area (Å²) in [5.74, 6) is 1.15. The van der Waals surface area contributed by atoms with Crippen LogP contribution in [0.5, 0.6) is 11.5 Å². The number of hydrogen-bond donors (Lipinski definition) is 0. The number of hydrogen-bond acceptors (Lipinski definition) is 17. The van der Waals surface area contributed by atoms with Crippen LogP contribution in [0.4, 0.5) is 17.6 Å². The third-order valence-electron chi connectivity index (χ3n) is 24.5. The minimum Gasteiger partial charge on any atom is -0.497 e. The molecule has 13 heterocycles. The molecule has 0 fully saturated rings. The normalized spacial score (nSPS) is 12.3. The van der Waals surface area contributed by atoms with Crippen molar-refractivity contribution in [1.82, 2.24) is 34.9 Å². The first kappa shape index (κ1) is 90.9. The SMILES string of the molecule is COc1ccc(-c2ncccc2-c2ccc3c(c2)C=NC3)cc1.COc1cccc(-c2ncccc2-c2ccc3c(c2)C=NC3)c1.Cc1cccc(-c2ncccc2-c2ccc3c(c2)C=NC3)n1.FC(F)(F)c1ccc(-c2ncccc2-c2ccc3c(c2)C=NC3)cc1.N#Cc1ccc(-c2ncccc2-c2ccc3c(c2)C=NC3)cc1.N#Cc1ccc(-c2ncccc2-c2ccc3c(c2)C=NC3)cc1F. The van der Waals surface area contributed by atoms with Crippen molar-refractivity contribution < 1.29 is 27.0 Å². The number of methoxy groups -OCH3 is 2. The predicted octanol–water partition coefficient (Wildman–Crippen LogP) is 26.7. The minimum absolute atomic E-state index is 0.0324. The second-order valence-electron chi connectivity index (χ2n) is 33.4. The van der Waals surface area contributed by atoms with Crippen molar-refractivity contribution in [2.24, 2.45) is 30.0 Å². The predicted molar refractivity (Wildman–Crippen MR) is 548 cm³/mol. The highest BCUT2D eigenvalue weighted by Gasteiger charge is 2.31. The fourth-order valence-corrected chi connectivity index (χ4v) is 17.3. The van der Waals surface area contributed by atoms with Gasteiger partial charge in [0.1, 0.15) is 23.4 Å². The maximum Gasteiger partial charge on any atom is 0.416 e. The summed E-state index contributed by atoms with van der Waals surface area (Å²) in [4.78, 5) is 57.6. The van der Waals surface area contributed by atoms with Crippen molar-refractivity contribution in [2.45, 2.75) is 52.4 Å². The number of nitrogens with zero attached hydrogens (tertiary/aromatic N) is 15. The molecule has 0 atom stereocenters. The van der Waals surface area contributed by atoms with Crippen LogP contribution in [0, 0.1) is 35.4 Å². The zero-order valence-electron chi connectivity index (χ0n) is 76.2. The molecule has 0 amide bonds. The molecule has 24 rings (SSSR count). The maximum atomic E-state index is 14.0. The summed E-state index contributed by atoms with van der Waals surface area (Å²) < 4.78 is 62.9. The van der Waals surface area contributed by atoms with E-state index in [2.05, 4.69) is 186 Å². The summed E-state index contributed by atoms with van der Waals surface area (Å²) in [5.41, 5.74) is 38.7. The van der Waals surface area contributed by atoms with Crippen molar-refractivity contribution in [3.05, 3.63) is 448 Å². The zero-order chi connectivity index (χ0) is 95.8. The largest absolute Gasteiger partial charge is 0.497 e. The molecular formula is C119H85F4N15O2. The molecule has 0 aliphatic carbocycles. The molecule has 11 aromatic carbocycles. The lowest BCUT2D eigenvalue weighted by molar-refractivity contribution is -0.137. The van der Waals surface area contributed by atoms with Crippen LogP contribution in [-0.2, 0) is 45.4 Å². The third kappa shape index (κ3) is 20.6. The van der Waals surface area contributed by atoms with Crippen LogP contribution >= 0.6 is 0 Å². The van der Waals surface area contributed by atoms with Gasteiger partial charge in [0.05, 0.1) is 116 Å². The van der Waals surface area contributed by atoms with Crippen molar-refractivity contribution in [3.8, 4) is 158 Å². The molecule has 140 heavy (non-hydrogen) atoms. The lowest BCUT2D eigenvalue weighted by Gasteiger charge is -2.11. The van der Waals surface area contributed by atoms with E-state index in [0.29, 0.717) is 34.6 Å². The Morgan fingerprint density at radius 3 is 0.900 bits per heavy atom. The molecule has 0 bridgehead atoms. The zero-order valence-corrected chi connectivity index (χ0v) is 76.2. The lowest BCUT2D eigenvalue weighted by Crippen LogP contribution is -2.04. The molecular weight excluding hydrogens is 1750 g/mol. The lowest BCUT2D eigenvalue weighted by atomic mass is 9.96. The van der Waals surface area contributed by atoms with E-state index in [1.807, 2.05) is 227 Å². The molecule has 676 valence electrons. The average Bonchev–Trinajstić information content (AvgIpc) is 1.44. The van der Waals surface area contributed by atoms with Gasteiger partial charge in [0.25, 0.3) is 0 Å². The summed E-state index contributed by atoms with van der Waals surface area (Å²) in [6, 6.07) is 105. The Morgan fingerprint density at radius 1 is 0.279 bits per heavy atom. The molecule has 0 unspecified atom stereocenters. The monoisotopic (exact) mass is 1830 g/mol. The topological polar surface area (TPSA) is 230 Å². The Bertz CT molecular complexity index is 8020. The van der Waals surface area contributed by atoms with E-state index in [1.165, 1.54) is 79.9 Å². The van der Waals surface area contributed by atoms with Gasteiger partial charge in [-0.3, -0.25) is 64.8 Å². The summed E-state index contributed by atoms with van der Waals surface area (Å²) in [6.07, 6.45) is 17.7. The van der Waals surface area contributed by atoms with E-state index < -0.39 is 17.6 Å². The Balaban J connectivity index is 0.000000107. The number of pyridine rings is 7. The number of rotatable bonds is 14. The highest BCUT2D eigenvalue weighted by molar-refractivity contribution is 5.96. The number of benzene rings is 11. The molecule has 0 spiro atoms. The van der Waals surface area contributed by atoms with Crippen LogP contribution in [0.25, 0.3) is 134 Å². The molecule has 0 saturated carbocycles. The van der Waals surface area contributed by atoms with Gasteiger partial charge in [0.2, 0.25) is 0 Å². The number of ether oxygens (including phenoxy) is 2. The third-order valence-corrected chi connectivity index (χ3v) is 24.5. The van der Waals surface area contributed by atoms with Crippen LogP contribution in [0.3, 0.4) is 0 Å². The van der Waals surface area contributed by atoms with Gasteiger partial charge in [-0.15, -0.1) is 0 Å². The number of alkyl halides is 3. The van der Waals surface area contributed by atoms with Crippen molar-refractivity contribution in [2.75, 3.05) is 14.2 Å². The van der Waals surface area contributed by atoms with E-state index in [4.69, 9.17) is 20.0 Å². The van der Waals surface area contributed by atoms with E-state index in [0.717, 1.165) is 185 Å². The number of aryl methyl sites for hydroxylation is 1. The van der Waals surface area contributed by atoms with Crippen LogP contribution in [0.15, 0.2) is 383 Å². The fraction of sp³-hybridized carbons (Fsp3) is 0.0840. The maximum absolute atomic E-state index is 14.0. The first-order valence-corrected chi connectivity index (χ1v) is 45.2. The average molecular weight is 1830 g/mol. The highest BCUT2D eigenvalue weighted by atomic mass is 19.4. The Hall–Kier alpha value is -18.2. The number of aliphatic imine (C=N–C) groups is 6. The summed E-state index contributed by atoms with van der Waals surface area (Å²) in [6.45, 7) is 6.53. The summed E-state index contributed by atoms with van der Waals surface area (Å²) >= 11 is 0. The summed E-state index contributed by atoms with van der Waals surface area (Å²) in [7, 11) is 3.35. The van der Waals surface area contributed by atoms with Crippen LogP contribution in [-0.4, -0.2) is 86.4 Å². The van der Waals surface area contributed by atoms with E-state index in [9.17, 15) is 17.6 Å². The standard InChI is InChI=1S/C20H13F3N2.C20H12FN3.C20H13N3.2C20H16N2O.C19H15N3/c21-20(22,23)17-7-5-13(6-8-17)19-18(2-1-9-25-19)14-3-4-15-11-24-12-16(15)10-14;21-19-9-14(4-5-15(19)10-22)20-18(2-1-7-24-20)13-3-6-16-11-23-12-17(16)8-13;21-11-14-3-5-15(6-4-14)20-19(2-1-9-23-20)16-7-8-17-12-22-13-18(17)10-16;1-23-18-5-2-4-15(11-18)20-19(6-3-9-22-20)14-7-8-16-12-21-13-17(16)10-14;1-23-18-8-6-14(7-9-18)20-19(3-2-10-22-20)15-4-5-16-12-21-13-17(16)11-15;1-13-4-2-6-18(22-13)19-17(5-3-9-21-19)14-7-8-15-11-20-12-16(15)10-14/h1-10,12H,11H2;1-9,12H,11H2;1-10,13H,12H2;2*2-11,13H,12H2,1H3;2-10,12H,11H2,1H3. The summed E-state index contributed by atoms with van der Waals surface area (Å²) in [5, 5.41) is 17.8. The second-order valence-corrected chi connectivity index (χ2v) is 33.4.